The molecular formula is C18H18N4O3S2. The van der Waals surface area contributed by atoms with Crippen LogP contribution in [0, 0.1) is 0 Å². The Morgan fingerprint density at radius 1 is 1.04 bits per heavy atom. The molecule has 140 valence electrons. The molecule has 0 saturated heterocycles. The van der Waals surface area contributed by atoms with Crippen molar-refractivity contribution in [1.82, 2.24) is 10.2 Å². The van der Waals surface area contributed by atoms with Crippen LogP contribution >= 0.6 is 23.1 Å². The van der Waals surface area contributed by atoms with Gasteiger partial charge < -0.3 is 20.1 Å². The van der Waals surface area contributed by atoms with Crippen LogP contribution in [0.15, 0.2) is 52.9 Å². The van der Waals surface area contributed by atoms with Gasteiger partial charge in [-0.2, -0.15) is 0 Å². The minimum absolute atomic E-state index is 0.150. The molecule has 0 radical (unpaired) electrons. The van der Waals surface area contributed by atoms with E-state index in [9.17, 15) is 4.79 Å². The number of nitrogens with one attached hydrogen (secondary N) is 2. The molecule has 1 heterocycles. The maximum atomic E-state index is 12.2. The summed E-state index contributed by atoms with van der Waals surface area (Å²) in [7, 11) is 3.12. The summed E-state index contributed by atoms with van der Waals surface area (Å²) in [4.78, 5) is 12.2. The maximum absolute atomic E-state index is 12.2. The first-order valence-electron chi connectivity index (χ1n) is 7.97. The highest BCUT2D eigenvalue weighted by molar-refractivity contribution is 8.01. The fourth-order valence-electron chi connectivity index (χ4n) is 2.17. The van der Waals surface area contributed by atoms with Crippen molar-refractivity contribution in [2.24, 2.45) is 0 Å². The van der Waals surface area contributed by atoms with E-state index in [1.807, 2.05) is 30.3 Å². The molecule has 0 spiro atoms. The predicted molar refractivity (Wildman–Crippen MR) is 109 cm³/mol. The highest BCUT2D eigenvalue weighted by atomic mass is 32.2. The Morgan fingerprint density at radius 2 is 1.74 bits per heavy atom. The van der Waals surface area contributed by atoms with Crippen molar-refractivity contribution < 1.29 is 14.3 Å². The van der Waals surface area contributed by atoms with Crippen molar-refractivity contribution in [3.05, 3.63) is 48.5 Å². The van der Waals surface area contributed by atoms with Crippen molar-refractivity contribution in [3.8, 4) is 11.5 Å². The second-order valence-electron chi connectivity index (χ2n) is 5.30. The van der Waals surface area contributed by atoms with Crippen LogP contribution in [0.5, 0.6) is 11.5 Å². The summed E-state index contributed by atoms with van der Waals surface area (Å²) in [5, 5.41) is 14.9. The number of para-hydroxylation sites is 1. The van der Waals surface area contributed by atoms with Gasteiger partial charge in [0, 0.05) is 29.6 Å². The Kier molecular flexibility index (Phi) is 6.50. The number of rotatable bonds is 8. The Balaban J connectivity index is 1.54. The first-order chi connectivity index (χ1) is 13.2. The average Bonchev–Trinajstić information content (AvgIpc) is 3.14. The first-order valence-corrected chi connectivity index (χ1v) is 9.78. The lowest BCUT2D eigenvalue weighted by Gasteiger charge is -2.09. The Morgan fingerprint density at radius 3 is 2.41 bits per heavy atom. The molecule has 3 rings (SSSR count). The van der Waals surface area contributed by atoms with Gasteiger partial charge in [0.2, 0.25) is 11.0 Å². The van der Waals surface area contributed by atoms with Gasteiger partial charge in [-0.1, -0.05) is 41.3 Å². The van der Waals surface area contributed by atoms with Gasteiger partial charge in [-0.05, 0) is 12.1 Å². The van der Waals surface area contributed by atoms with Crippen LogP contribution < -0.4 is 20.1 Å². The van der Waals surface area contributed by atoms with Gasteiger partial charge in [-0.15, -0.1) is 10.2 Å². The molecule has 0 aliphatic carbocycles. The third kappa shape index (κ3) is 5.60. The van der Waals surface area contributed by atoms with Gasteiger partial charge in [0.25, 0.3) is 0 Å². The quantitative estimate of drug-likeness (QED) is 0.550. The van der Waals surface area contributed by atoms with Gasteiger partial charge in [0.15, 0.2) is 4.34 Å². The van der Waals surface area contributed by atoms with Crippen molar-refractivity contribution in [2.45, 2.75) is 4.34 Å². The number of aromatic nitrogens is 2. The minimum Gasteiger partial charge on any atom is -0.497 e. The van der Waals surface area contributed by atoms with Gasteiger partial charge >= 0.3 is 0 Å². The number of hydrogen-bond donors (Lipinski definition) is 2. The van der Waals surface area contributed by atoms with Crippen molar-refractivity contribution in [1.29, 1.82) is 0 Å². The number of carbonyl (C=O) groups is 1. The van der Waals surface area contributed by atoms with Crippen LogP contribution in [0.3, 0.4) is 0 Å². The molecule has 0 fully saturated rings. The highest BCUT2D eigenvalue weighted by Crippen LogP contribution is 2.29. The molecule has 0 atom stereocenters. The van der Waals surface area contributed by atoms with Crippen LogP contribution in [0.2, 0.25) is 0 Å². The Labute approximate surface area is 165 Å². The molecule has 9 heteroatoms. The van der Waals surface area contributed by atoms with E-state index in [0.717, 1.165) is 5.69 Å². The van der Waals surface area contributed by atoms with Crippen LogP contribution in [0.1, 0.15) is 0 Å². The summed E-state index contributed by atoms with van der Waals surface area (Å²) in [6, 6.07) is 14.9. The third-order valence-electron chi connectivity index (χ3n) is 3.39. The summed E-state index contributed by atoms with van der Waals surface area (Å²) in [6.45, 7) is 0. The number of nitrogens with zero attached hydrogens (tertiary/aromatic N) is 2. The molecule has 1 amide bonds. The Bertz CT molecular complexity index is 880. The standard InChI is InChI=1S/C18H18N4O3S2/c1-24-14-8-13(9-15(10-14)25-2)19-16(23)11-26-18-22-21-17(27-18)20-12-6-4-3-5-7-12/h3-10H,11H2,1-2H3,(H,19,23)(H,20,21). The van der Waals surface area contributed by atoms with Crippen LogP contribution in [0.4, 0.5) is 16.5 Å². The number of thioether (sulfide) groups is 1. The number of anilines is 3. The number of hydrogen-bond acceptors (Lipinski definition) is 8. The van der Waals surface area contributed by atoms with Gasteiger partial charge in [-0.25, -0.2) is 0 Å². The topological polar surface area (TPSA) is 85.4 Å². The summed E-state index contributed by atoms with van der Waals surface area (Å²) >= 11 is 2.73. The van der Waals surface area contributed by atoms with Crippen LogP contribution in [-0.4, -0.2) is 36.1 Å². The van der Waals surface area contributed by atoms with Gasteiger partial charge in [-0.3, -0.25) is 4.79 Å². The van der Waals surface area contributed by atoms with Crippen molar-refractivity contribution in [3.63, 3.8) is 0 Å². The molecule has 3 aromatic rings. The van der Waals surface area contributed by atoms with Crippen molar-refractivity contribution in [2.75, 3.05) is 30.6 Å². The molecule has 1 aromatic heterocycles. The number of methoxy groups -OCH3 is 2. The zero-order chi connectivity index (χ0) is 19.1. The monoisotopic (exact) mass is 402 g/mol. The number of benzene rings is 2. The van der Waals surface area contributed by atoms with Gasteiger partial charge in [0.1, 0.15) is 11.5 Å². The van der Waals surface area contributed by atoms with E-state index in [1.54, 1.807) is 32.4 Å². The molecule has 0 aliphatic rings. The molecule has 0 saturated carbocycles. The predicted octanol–water partition coefficient (Wildman–Crippen LogP) is 4.03. The molecular weight excluding hydrogens is 384 g/mol. The van der Waals surface area contributed by atoms with Crippen LogP contribution in [-0.2, 0) is 4.79 Å². The largest absolute Gasteiger partial charge is 0.497 e. The SMILES string of the molecule is COc1cc(NC(=O)CSc2nnc(Nc3ccccc3)s2)cc(OC)c1. The summed E-state index contributed by atoms with van der Waals surface area (Å²) in [5.41, 5.74) is 1.55. The second-order valence-corrected chi connectivity index (χ2v) is 7.50. The maximum Gasteiger partial charge on any atom is 0.234 e. The Hall–Kier alpha value is -2.78. The molecule has 0 bridgehead atoms. The molecule has 0 aliphatic heterocycles. The van der Waals surface area contributed by atoms with E-state index < -0.39 is 0 Å². The molecule has 7 nitrogen and oxygen atoms in total. The molecule has 2 N–H and O–H groups in total. The van der Waals surface area contributed by atoms with E-state index in [0.29, 0.717) is 26.7 Å². The third-order valence-corrected chi connectivity index (χ3v) is 5.37. The summed E-state index contributed by atoms with van der Waals surface area (Å²) in [5.74, 6) is 1.29. The van der Waals surface area contributed by atoms with Crippen LogP contribution in [0.25, 0.3) is 0 Å². The lowest BCUT2D eigenvalue weighted by molar-refractivity contribution is -0.113. The smallest absolute Gasteiger partial charge is 0.234 e. The lowest BCUT2D eigenvalue weighted by atomic mass is 10.2. The highest BCUT2D eigenvalue weighted by Gasteiger charge is 2.10. The van der Waals surface area contributed by atoms with E-state index in [-0.39, 0.29) is 11.7 Å². The minimum atomic E-state index is -0.150. The second kappa shape index (κ2) is 9.24. The number of carbonyl (C=O) groups excluding carboxylic acids is 1. The average molecular weight is 403 g/mol. The first kappa shape index (κ1) is 19.0. The van der Waals surface area contributed by atoms with E-state index in [4.69, 9.17) is 9.47 Å². The van der Waals surface area contributed by atoms with E-state index >= 15 is 0 Å². The fraction of sp³-hybridized carbons (Fsp3) is 0.167. The van der Waals surface area contributed by atoms with E-state index in [1.165, 1.54) is 23.1 Å². The van der Waals surface area contributed by atoms with E-state index in [2.05, 4.69) is 20.8 Å². The zero-order valence-electron chi connectivity index (χ0n) is 14.8. The normalized spacial score (nSPS) is 10.3. The molecule has 2 aromatic carbocycles. The summed E-state index contributed by atoms with van der Waals surface area (Å²) < 4.78 is 11.1. The number of amides is 1. The molecule has 0 unspecified atom stereocenters. The lowest BCUT2D eigenvalue weighted by Crippen LogP contribution is -2.14. The van der Waals surface area contributed by atoms with Crippen molar-refractivity contribution >= 4 is 45.5 Å². The molecule has 27 heavy (non-hydrogen) atoms. The summed E-state index contributed by atoms with van der Waals surface area (Å²) in [6.07, 6.45) is 0. The van der Waals surface area contributed by atoms with Gasteiger partial charge in [0.05, 0.1) is 20.0 Å². The number of ether oxygens (including phenoxy) is 2. The fourth-order valence-corrected chi connectivity index (χ4v) is 3.74. The zero-order valence-corrected chi connectivity index (χ0v) is 16.4.